The van der Waals surface area contributed by atoms with Gasteiger partial charge in [0, 0.05) is 26.1 Å². The maximum absolute atomic E-state index is 13.5. The standard InChI is InChI=1S/C37H33F3N2O8/c1-4-49-36(48)24-15-19-31(29(21-24)35(46)47)50-32(43)11-7-8-22-12-18-30(28(20-22)34(45)42(2)3)41-33(44)27-10-6-5-9-26(27)23-13-16-25(17-14-23)37(38,39)40/h5-6,9-10,12-21H,4,7-8,11H2,1-3H3,(H,41,44)(H,46,47). The van der Waals surface area contributed by atoms with Crippen molar-refractivity contribution in [1.29, 1.82) is 0 Å². The van der Waals surface area contributed by atoms with E-state index in [1.54, 1.807) is 57.4 Å². The molecule has 50 heavy (non-hydrogen) atoms. The number of carbonyl (C=O) groups excluding carboxylic acids is 4. The number of carboxylic acid groups (broad SMARTS) is 1. The van der Waals surface area contributed by atoms with Crippen molar-refractivity contribution in [2.75, 3.05) is 26.0 Å². The van der Waals surface area contributed by atoms with Gasteiger partial charge in [0.2, 0.25) is 0 Å². The Morgan fingerprint density at radius 3 is 2.18 bits per heavy atom. The van der Waals surface area contributed by atoms with Gasteiger partial charge >= 0.3 is 24.1 Å². The lowest BCUT2D eigenvalue weighted by Gasteiger charge is -2.17. The first-order valence-corrected chi connectivity index (χ1v) is 15.4. The van der Waals surface area contributed by atoms with Gasteiger partial charge in [-0.1, -0.05) is 36.4 Å². The molecule has 4 aromatic carbocycles. The Morgan fingerprint density at radius 1 is 0.840 bits per heavy atom. The molecule has 0 aliphatic heterocycles. The van der Waals surface area contributed by atoms with Crippen LogP contribution in [0.1, 0.15) is 72.3 Å². The fraction of sp³-hybridized carbons (Fsp3) is 0.216. The van der Waals surface area contributed by atoms with E-state index in [2.05, 4.69) is 5.32 Å². The number of amides is 2. The van der Waals surface area contributed by atoms with Gasteiger partial charge in [-0.2, -0.15) is 13.2 Å². The van der Waals surface area contributed by atoms with E-state index in [0.29, 0.717) is 23.1 Å². The van der Waals surface area contributed by atoms with Crippen molar-refractivity contribution in [3.63, 3.8) is 0 Å². The fourth-order valence-electron chi connectivity index (χ4n) is 4.97. The summed E-state index contributed by atoms with van der Waals surface area (Å²) in [5, 5.41) is 12.3. The second-order valence-corrected chi connectivity index (χ2v) is 11.2. The molecule has 0 unspecified atom stereocenters. The highest BCUT2D eigenvalue weighted by Gasteiger charge is 2.30. The number of alkyl halides is 3. The minimum Gasteiger partial charge on any atom is -0.478 e. The van der Waals surface area contributed by atoms with Crippen LogP contribution in [0.25, 0.3) is 11.1 Å². The highest BCUT2D eigenvalue weighted by Crippen LogP contribution is 2.32. The number of nitrogens with one attached hydrogen (secondary N) is 1. The lowest BCUT2D eigenvalue weighted by atomic mass is 9.97. The summed E-state index contributed by atoms with van der Waals surface area (Å²) in [6.45, 7) is 1.71. The lowest BCUT2D eigenvalue weighted by Crippen LogP contribution is -2.24. The molecule has 13 heteroatoms. The quantitative estimate of drug-likeness (QED) is 0.118. The number of carbonyl (C=O) groups is 5. The fourth-order valence-corrected chi connectivity index (χ4v) is 4.97. The summed E-state index contributed by atoms with van der Waals surface area (Å²) in [6, 6.07) is 19.2. The summed E-state index contributed by atoms with van der Waals surface area (Å²) in [5.74, 6) is -4.04. The minimum atomic E-state index is -4.51. The number of esters is 2. The molecule has 0 spiro atoms. The smallest absolute Gasteiger partial charge is 0.416 e. The molecule has 2 N–H and O–H groups in total. The van der Waals surface area contributed by atoms with Crippen LogP contribution in [-0.4, -0.2) is 60.4 Å². The normalized spacial score (nSPS) is 11.0. The SMILES string of the molecule is CCOC(=O)c1ccc(OC(=O)CCCc2ccc(NC(=O)c3ccccc3-c3ccc(C(F)(F)F)cc3)c(C(=O)N(C)C)c2)c(C(=O)O)c1. The maximum Gasteiger partial charge on any atom is 0.416 e. The van der Waals surface area contributed by atoms with Crippen LogP contribution in [0.5, 0.6) is 5.75 Å². The number of hydrogen-bond donors (Lipinski definition) is 2. The van der Waals surface area contributed by atoms with Crippen molar-refractivity contribution in [3.05, 3.63) is 118 Å². The Bertz CT molecular complexity index is 1920. The summed E-state index contributed by atoms with van der Waals surface area (Å²) >= 11 is 0. The number of anilines is 1. The summed E-state index contributed by atoms with van der Waals surface area (Å²) in [7, 11) is 3.09. The van der Waals surface area contributed by atoms with E-state index in [0.717, 1.165) is 18.2 Å². The second-order valence-electron chi connectivity index (χ2n) is 11.2. The molecule has 4 aromatic rings. The van der Waals surface area contributed by atoms with Gasteiger partial charge in [-0.25, -0.2) is 9.59 Å². The van der Waals surface area contributed by atoms with Crippen LogP contribution in [0, 0.1) is 0 Å². The summed E-state index contributed by atoms with van der Waals surface area (Å²) in [4.78, 5) is 64.3. The topological polar surface area (TPSA) is 139 Å². The maximum atomic E-state index is 13.5. The lowest BCUT2D eigenvalue weighted by molar-refractivity contribution is -0.137. The van der Waals surface area contributed by atoms with Gasteiger partial charge in [0.05, 0.1) is 29.0 Å². The summed E-state index contributed by atoms with van der Waals surface area (Å²) in [5.41, 5.74) is 0.806. The number of ether oxygens (including phenoxy) is 2. The number of aryl methyl sites for hydroxylation is 1. The third kappa shape index (κ3) is 9.13. The van der Waals surface area contributed by atoms with Crippen molar-refractivity contribution in [2.24, 2.45) is 0 Å². The average Bonchev–Trinajstić information content (AvgIpc) is 3.08. The Hall–Kier alpha value is -5.98. The predicted octanol–water partition coefficient (Wildman–Crippen LogP) is 7.13. The average molecular weight is 691 g/mol. The van der Waals surface area contributed by atoms with E-state index >= 15 is 0 Å². The molecule has 260 valence electrons. The summed E-state index contributed by atoms with van der Waals surface area (Å²) < 4.78 is 49.4. The zero-order valence-corrected chi connectivity index (χ0v) is 27.3. The van der Waals surface area contributed by atoms with Crippen molar-refractivity contribution in [3.8, 4) is 16.9 Å². The molecular weight excluding hydrogens is 657 g/mol. The van der Waals surface area contributed by atoms with Gasteiger partial charge in [0.1, 0.15) is 11.3 Å². The van der Waals surface area contributed by atoms with Crippen molar-refractivity contribution >= 4 is 35.4 Å². The first kappa shape index (κ1) is 36.8. The first-order valence-electron chi connectivity index (χ1n) is 15.4. The third-order valence-electron chi connectivity index (χ3n) is 7.45. The predicted molar refractivity (Wildman–Crippen MR) is 177 cm³/mol. The molecule has 10 nitrogen and oxygen atoms in total. The molecule has 4 rings (SSSR count). The molecule has 0 saturated heterocycles. The van der Waals surface area contributed by atoms with Gasteiger partial charge in [0.15, 0.2) is 0 Å². The molecular formula is C37H33F3N2O8. The van der Waals surface area contributed by atoms with Crippen molar-refractivity contribution in [1.82, 2.24) is 4.90 Å². The number of halogens is 3. The number of benzene rings is 4. The van der Waals surface area contributed by atoms with Crippen LogP contribution in [0.4, 0.5) is 18.9 Å². The first-order chi connectivity index (χ1) is 23.7. The van der Waals surface area contributed by atoms with E-state index in [-0.39, 0.29) is 53.1 Å². The van der Waals surface area contributed by atoms with Crippen LogP contribution in [-0.2, 0) is 22.1 Å². The Balaban J connectivity index is 1.47. The van der Waals surface area contributed by atoms with E-state index < -0.39 is 41.5 Å². The molecule has 0 aliphatic rings. The molecule has 0 aliphatic carbocycles. The van der Waals surface area contributed by atoms with Crippen LogP contribution in [0.2, 0.25) is 0 Å². The van der Waals surface area contributed by atoms with E-state index in [1.165, 1.54) is 35.2 Å². The van der Waals surface area contributed by atoms with Crippen molar-refractivity contribution in [2.45, 2.75) is 32.4 Å². The van der Waals surface area contributed by atoms with Gasteiger partial charge in [-0.15, -0.1) is 0 Å². The van der Waals surface area contributed by atoms with Gasteiger partial charge < -0.3 is 24.8 Å². The summed E-state index contributed by atoms with van der Waals surface area (Å²) in [6.07, 6.45) is -4.02. The molecule has 0 radical (unpaired) electrons. The second kappa shape index (κ2) is 15.9. The molecule has 0 atom stereocenters. The zero-order valence-electron chi connectivity index (χ0n) is 27.3. The number of rotatable bonds is 12. The minimum absolute atomic E-state index is 0.00452. The largest absolute Gasteiger partial charge is 0.478 e. The monoisotopic (exact) mass is 690 g/mol. The van der Waals surface area contributed by atoms with E-state index in [1.807, 2.05) is 0 Å². The number of aromatic carboxylic acids is 1. The van der Waals surface area contributed by atoms with Gasteiger partial charge in [-0.05, 0) is 85.0 Å². The number of nitrogens with zero attached hydrogens (tertiary/aromatic N) is 1. The molecule has 0 fully saturated rings. The van der Waals surface area contributed by atoms with Gasteiger partial charge in [0.25, 0.3) is 11.8 Å². The Labute approximate surface area is 285 Å². The molecule has 0 heterocycles. The third-order valence-corrected chi connectivity index (χ3v) is 7.45. The highest BCUT2D eigenvalue weighted by molar-refractivity contribution is 6.11. The van der Waals surface area contributed by atoms with E-state index in [4.69, 9.17) is 9.47 Å². The Morgan fingerprint density at radius 2 is 1.54 bits per heavy atom. The van der Waals surface area contributed by atoms with Crippen LogP contribution >= 0.6 is 0 Å². The number of hydrogen-bond acceptors (Lipinski definition) is 7. The highest BCUT2D eigenvalue weighted by atomic mass is 19.4. The van der Waals surface area contributed by atoms with Crippen LogP contribution in [0.15, 0.2) is 84.9 Å². The number of carboxylic acids is 1. The molecule has 0 saturated carbocycles. The van der Waals surface area contributed by atoms with Crippen LogP contribution in [0.3, 0.4) is 0 Å². The molecule has 2 amide bonds. The zero-order chi connectivity index (χ0) is 36.6. The van der Waals surface area contributed by atoms with Crippen molar-refractivity contribution < 1.29 is 51.7 Å². The Kier molecular flexibility index (Phi) is 11.8. The molecule has 0 aromatic heterocycles. The van der Waals surface area contributed by atoms with Gasteiger partial charge in [-0.3, -0.25) is 14.4 Å². The van der Waals surface area contributed by atoms with Crippen LogP contribution < -0.4 is 10.1 Å². The molecule has 0 bridgehead atoms. The van der Waals surface area contributed by atoms with E-state index in [9.17, 15) is 42.3 Å².